The number of allylic oxidation sites excluding steroid dienone is 1. The van der Waals surface area contributed by atoms with Gasteiger partial charge < -0.3 is 4.74 Å². The van der Waals surface area contributed by atoms with E-state index in [1.165, 1.54) is 18.2 Å². The smallest absolute Gasteiger partial charge is 0.331 e. The van der Waals surface area contributed by atoms with Crippen molar-refractivity contribution in [2.24, 2.45) is 0 Å². The maximum absolute atomic E-state index is 11.4. The molecule has 0 heterocycles. The molecule has 0 saturated carbocycles. The molecule has 1 aromatic carbocycles. The van der Waals surface area contributed by atoms with Gasteiger partial charge in [-0.05, 0) is 24.5 Å². The summed E-state index contributed by atoms with van der Waals surface area (Å²) in [5.41, 5.74) is 1.40. The van der Waals surface area contributed by atoms with Crippen molar-refractivity contribution in [2.75, 3.05) is 6.61 Å². The van der Waals surface area contributed by atoms with E-state index in [9.17, 15) is 14.9 Å². The molecule has 1 rings (SSSR count). The molecule has 96 valence electrons. The lowest BCUT2D eigenvalue weighted by Gasteiger charge is -2.05. The molecule has 0 N–H and O–H groups in total. The quantitative estimate of drug-likeness (QED) is 0.348. The summed E-state index contributed by atoms with van der Waals surface area (Å²) in [7, 11) is 0. The predicted octanol–water partition coefficient (Wildman–Crippen LogP) is 2.95. The summed E-state index contributed by atoms with van der Waals surface area (Å²) in [6.07, 6.45) is 1.97. The molecule has 0 fully saturated rings. The van der Waals surface area contributed by atoms with E-state index in [1.54, 1.807) is 19.1 Å². The van der Waals surface area contributed by atoms with Crippen LogP contribution in [0.3, 0.4) is 0 Å². The van der Waals surface area contributed by atoms with Gasteiger partial charge in [-0.2, -0.15) is 0 Å². The number of nitro benzene ring substituents is 1. The molecule has 0 aliphatic rings. The third-order valence-corrected chi connectivity index (χ3v) is 2.39. The highest BCUT2D eigenvalue weighted by atomic mass is 16.6. The molecule has 0 bridgehead atoms. The number of benzene rings is 1. The third-order valence-electron chi connectivity index (χ3n) is 2.39. The van der Waals surface area contributed by atoms with Crippen molar-refractivity contribution in [1.29, 1.82) is 0 Å². The van der Waals surface area contributed by atoms with E-state index >= 15 is 0 Å². The summed E-state index contributed by atoms with van der Waals surface area (Å²) in [5, 5.41) is 10.7. The monoisotopic (exact) mass is 249 g/mol. The Morgan fingerprint density at radius 3 is 2.72 bits per heavy atom. The topological polar surface area (TPSA) is 69.4 Å². The van der Waals surface area contributed by atoms with E-state index in [4.69, 9.17) is 4.74 Å². The minimum absolute atomic E-state index is 0.00992. The summed E-state index contributed by atoms with van der Waals surface area (Å²) in [4.78, 5) is 21.6. The van der Waals surface area contributed by atoms with Gasteiger partial charge in [-0.25, -0.2) is 4.79 Å². The van der Waals surface area contributed by atoms with Crippen molar-refractivity contribution in [3.05, 3.63) is 46.0 Å². The van der Waals surface area contributed by atoms with Crippen LogP contribution in [0.15, 0.2) is 30.3 Å². The number of ether oxygens (including phenoxy) is 1. The molecule has 5 heteroatoms. The summed E-state index contributed by atoms with van der Waals surface area (Å²) in [6.45, 7) is 3.91. The van der Waals surface area contributed by atoms with Crippen LogP contribution in [0.1, 0.15) is 25.8 Å². The Labute approximate surface area is 105 Å². The van der Waals surface area contributed by atoms with Gasteiger partial charge >= 0.3 is 5.97 Å². The molecule has 0 unspecified atom stereocenters. The first-order chi connectivity index (χ1) is 8.58. The van der Waals surface area contributed by atoms with E-state index in [0.29, 0.717) is 18.6 Å². The van der Waals surface area contributed by atoms with Gasteiger partial charge in [-0.15, -0.1) is 0 Å². The Morgan fingerprint density at radius 1 is 1.44 bits per heavy atom. The summed E-state index contributed by atoms with van der Waals surface area (Å²) >= 11 is 0. The minimum atomic E-state index is -0.457. The Balaban J connectivity index is 3.05. The molecule has 0 amide bonds. The summed E-state index contributed by atoms with van der Waals surface area (Å²) in [6, 6.07) is 6.21. The van der Waals surface area contributed by atoms with Gasteiger partial charge in [0.05, 0.1) is 11.5 Å². The fraction of sp³-hybridized carbons (Fsp3) is 0.308. The van der Waals surface area contributed by atoms with Gasteiger partial charge in [0, 0.05) is 18.2 Å². The Hall–Kier alpha value is -2.17. The SMILES string of the molecule is CCOC(=O)/C=C(\CC)c1cccc([N+](=O)[O-])c1. The van der Waals surface area contributed by atoms with Crippen LogP contribution in [0, 0.1) is 10.1 Å². The van der Waals surface area contributed by atoms with Crippen molar-refractivity contribution < 1.29 is 14.5 Å². The second kappa shape index (κ2) is 6.54. The van der Waals surface area contributed by atoms with Crippen molar-refractivity contribution in [3.8, 4) is 0 Å². The normalized spacial score (nSPS) is 11.1. The fourth-order valence-electron chi connectivity index (χ4n) is 1.53. The van der Waals surface area contributed by atoms with E-state index in [0.717, 1.165) is 5.57 Å². The molecular weight excluding hydrogens is 234 g/mol. The van der Waals surface area contributed by atoms with E-state index in [1.807, 2.05) is 6.92 Å². The standard InChI is InChI=1S/C13H15NO4/c1-3-10(9-13(15)18-4-2)11-6-5-7-12(8-11)14(16)17/h5-9H,3-4H2,1-2H3/b10-9+. The largest absolute Gasteiger partial charge is 0.463 e. The zero-order chi connectivity index (χ0) is 13.5. The van der Waals surface area contributed by atoms with Crippen LogP contribution in [-0.4, -0.2) is 17.5 Å². The second-order valence-electron chi connectivity index (χ2n) is 3.58. The molecular formula is C13H15NO4. The number of rotatable bonds is 5. The van der Waals surface area contributed by atoms with Gasteiger partial charge in [0.15, 0.2) is 0 Å². The molecule has 0 aromatic heterocycles. The van der Waals surface area contributed by atoms with Crippen molar-refractivity contribution >= 4 is 17.2 Å². The second-order valence-corrected chi connectivity index (χ2v) is 3.58. The highest BCUT2D eigenvalue weighted by Crippen LogP contribution is 2.22. The van der Waals surface area contributed by atoms with Gasteiger partial charge in [0.1, 0.15) is 0 Å². The molecule has 0 spiro atoms. The predicted molar refractivity (Wildman–Crippen MR) is 68.0 cm³/mol. The molecule has 1 aromatic rings. The molecule has 0 saturated heterocycles. The molecule has 0 atom stereocenters. The van der Waals surface area contributed by atoms with Crippen LogP contribution < -0.4 is 0 Å². The zero-order valence-electron chi connectivity index (χ0n) is 10.4. The fourth-order valence-corrected chi connectivity index (χ4v) is 1.53. The highest BCUT2D eigenvalue weighted by Gasteiger charge is 2.09. The lowest BCUT2D eigenvalue weighted by molar-refractivity contribution is -0.384. The first-order valence-electron chi connectivity index (χ1n) is 5.70. The number of carbonyl (C=O) groups is 1. The van der Waals surface area contributed by atoms with Crippen LogP contribution in [0.4, 0.5) is 5.69 Å². The maximum Gasteiger partial charge on any atom is 0.331 e. The number of carbonyl (C=O) groups excluding carboxylic acids is 1. The average Bonchev–Trinajstić information content (AvgIpc) is 2.36. The van der Waals surface area contributed by atoms with Crippen LogP contribution >= 0.6 is 0 Å². The zero-order valence-corrected chi connectivity index (χ0v) is 10.4. The summed E-state index contributed by atoms with van der Waals surface area (Å²) in [5.74, 6) is -0.430. The van der Waals surface area contributed by atoms with E-state index < -0.39 is 10.9 Å². The van der Waals surface area contributed by atoms with E-state index in [2.05, 4.69) is 0 Å². The maximum atomic E-state index is 11.4. The van der Waals surface area contributed by atoms with Gasteiger partial charge in [-0.1, -0.05) is 19.1 Å². The number of nitro groups is 1. The number of hydrogen-bond donors (Lipinski definition) is 0. The van der Waals surface area contributed by atoms with Crippen LogP contribution in [-0.2, 0) is 9.53 Å². The first kappa shape index (κ1) is 13.9. The number of hydrogen-bond acceptors (Lipinski definition) is 4. The van der Waals surface area contributed by atoms with E-state index in [-0.39, 0.29) is 5.69 Å². The Kier molecular flexibility index (Phi) is 5.05. The Morgan fingerprint density at radius 2 is 2.17 bits per heavy atom. The number of esters is 1. The molecule has 18 heavy (non-hydrogen) atoms. The van der Waals surface area contributed by atoms with Crippen molar-refractivity contribution in [3.63, 3.8) is 0 Å². The third kappa shape index (κ3) is 3.69. The van der Waals surface area contributed by atoms with Crippen LogP contribution in [0.2, 0.25) is 0 Å². The van der Waals surface area contributed by atoms with Gasteiger partial charge in [-0.3, -0.25) is 10.1 Å². The molecule has 5 nitrogen and oxygen atoms in total. The molecule has 0 radical (unpaired) electrons. The van der Waals surface area contributed by atoms with Crippen molar-refractivity contribution in [2.45, 2.75) is 20.3 Å². The summed E-state index contributed by atoms with van der Waals surface area (Å²) < 4.78 is 4.82. The molecule has 0 aliphatic carbocycles. The average molecular weight is 249 g/mol. The lowest BCUT2D eigenvalue weighted by atomic mass is 10.0. The van der Waals surface area contributed by atoms with Crippen LogP contribution in [0.25, 0.3) is 5.57 Å². The highest BCUT2D eigenvalue weighted by molar-refractivity contribution is 5.91. The number of non-ortho nitro benzene ring substituents is 1. The number of nitrogens with zero attached hydrogens (tertiary/aromatic N) is 1. The van der Waals surface area contributed by atoms with Gasteiger partial charge in [0.25, 0.3) is 5.69 Å². The van der Waals surface area contributed by atoms with Gasteiger partial charge in [0.2, 0.25) is 0 Å². The first-order valence-corrected chi connectivity index (χ1v) is 5.70. The van der Waals surface area contributed by atoms with Crippen molar-refractivity contribution in [1.82, 2.24) is 0 Å². The molecule has 0 aliphatic heterocycles. The Bertz CT molecular complexity index is 480. The lowest BCUT2D eigenvalue weighted by Crippen LogP contribution is -2.01. The minimum Gasteiger partial charge on any atom is -0.463 e. The van der Waals surface area contributed by atoms with Crippen LogP contribution in [0.5, 0.6) is 0 Å².